The van der Waals surface area contributed by atoms with Crippen LogP contribution in [0.1, 0.15) is 51.4 Å². The molecule has 6 heteroatoms. The van der Waals surface area contributed by atoms with E-state index in [1.54, 1.807) is 0 Å². The van der Waals surface area contributed by atoms with Gasteiger partial charge in [0, 0.05) is 56.1 Å². The maximum absolute atomic E-state index is 5.85. The molecule has 2 fully saturated rings. The molecule has 0 aromatic carbocycles. The van der Waals surface area contributed by atoms with Crippen molar-refractivity contribution in [1.82, 2.24) is 14.9 Å². The van der Waals surface area contributed by atoms with E-state index in [0.717, 1.165) is 64.5 Å². The lowest BCUT2D eigenvalue weighted by molar-refractivity contribution is 0.0896. The number of ether oxygens (including phenoxy) is 1. The highest BCUT2D eigenvalue weighted by Crippen LogP contribution is 2.28. The molecule has 174 valence electrons. The summed E-state index contributed by atoms with van der Waals surface area (Å²) in [6.07, 6.45) is 6.08. The van der Waals surface area contributed by atoms with Gasteiger partial charge in [-0.05, 0) is 51.0 Å². The topological polar surface area (TPSA) is 44.7 Å². The number of hydrogen-bond acceptors (Lipinski definition) is 6. The van der Waals surface area contributed by atoms with E-state index < -0.39 is 0 Å². The fraction of sp³-hybridized carbons (Fsp3) is 0.615. The van der Waals surface area contributed by atoms with Crippen LogP contribution >= 0.6 is 0 Å². The maximum Gasteiger partial charge on any atom is 0.0671 e. The lowest BCUT2D eigenvalue weighted by Gasteiger charge is -2.39. The molecule has 0 amide bonds. The Morgan fingerprint density at radius 1 is 0.938 bits per heavy atom. The van der Waals surface area contributed by atoms with Gasteiger partial charge in [-0.15, -0.1) is 0 Å². The molecule has 0 N–H and O–H groups in total. The number of nitrogens with zero attached hydrogens (tertiary/aromatic N) is 5. The Morgan fingerprint density at radius 2 is 1.69 bits per heavy atom. The molecule has 2 aromatic heterocycles. The van der Waals surface area contributed by atoms with E-state index >= 15 is 0 Å². The molecule has 0 radical (unpaired) electrons. The third-order valence-electron chi connectivity index (χ3n) is 7.04. The zero-order valence-corrected chi connectivity index (χ0v) is 20.2. The van der Waals surface area contributed by atoms with Gasteiger partial charge in [0.05, 0.1) is 43.0 Å². The highest BCUT2D eigenvalue weighted by Gasteiger charge is 2.26. The van der Waals surface area contributed by atoms with Crippen LogP contribution in [0, 0.1) is 0 Å². The van der Waals surface area contributed by atoms with Crippen LogP contribution in [0.15, 0.2) is 36.7 Å². The lowest BCUT2D eigenvalue weighted by Crippen LogP contribution is -2.48. The number of anilines is 2. The monoisotopic (exact) mass is 437 g/mol. The van der Waals surface area contributed by atoms with Gasteiger partial charge in [-0.25, -0.2) is 0 Å². The average Bonchev–Trinajstić information content (AvgIpc) is 2.84. The zero-order valence-electron chi connectivity index (χ0n) is 20.2. The summed E-state index contributed by atoms with van der Waals surface area (Å²) < 4.78 is 5.85. The van der Waals surface area contributed by atoms with Gasteiger partial charge in [0.15, 0.2) is 0 Å². The van der Waals surface area contributed by atoms with Gasteiger partial charge in [-0.2, -0.15) is 0 Å². The molecule has 0 saturated carbocycles. The van der Waals surface area contributed by atoms with E-state index in [9.17, 15) is 0 Å². The van der Waals surface area contributed by atoms with Crippen molar-refractivity contribution in [2.24, 2.45) is 0 Å². The molecule has 6 nitrogen and oxygen atoms in total. The van der Waals surface area contributed by atoms with Gasteiger partial charge in [-0.3, -0.25) is 14.9 Å². The molecule has 0 spiro atoms. The van der Waals surface area contributed by atoms with Gasteiger partial charge >= 0.3 is 0 Å². The molecule has 0 bridgehead atoms. The van der Waals surface area contributed by atoms with E-state index in [1.807, 2.05) is 6.20 Å². The summed E-state index contributed by atoms with van der Waals surface area (Å²) in [5.74, 6) is 0.374. The second-order valence-electron chi connectivity index (χ2n) is 9.48. The number of morpholine rings is 1. The van der Waals surface area contributed by atoms with Crippen molar-refractivity contribution in [3.05, 3.63) is 48.0 Å². The summed E-state index contributed by atoms with van der Waals surface area (Å²) in [5.41, 5.74) is 4.75. The molecule has 4 heterocycles. The van der Waals surface area contributed by atoms with Crippen LogP contribution in [0.5, 0.6) is 0 Å². The predicted octanol–water partition coefficient (Wildman–Crippen LogP) is 3.97. The SMILES string of the molecule is CCc1ccc(N2CCOCC2CC(C)c2ccc(N3CCN(C(C)C)CC3)cn2)cn1. The van der Waals surface area contributed by atoms with Crippen molar-refractivity contribution >= 4 is 11.4 Å². The van der Waals surface area contributed by atoms with Gasteiger partial charge < -0.3 is 14.5 Å². The van der Waals surface area contributed by atoms with Gasteiger partial charge in [0.1, 0.15) is 0 Å². The van der Waals surface area contributed by atoms with Crippen LogP contribution in [-0.4, -0.2) is 72.9 Å². The molecule has 2 atom stereocenters. The normalized spacial score (nSPS) is 21.2. The first-order chi connectivity index (χ1) is 15.5. The molecule has 2 unspecified atom stereocenters. The summed E-state index contributed by atoms with van der Waals surface area (Å²) >= 11 is 0. The smallest absolute Gasteiger partial charge is 0.0671 e. The minimum absolute atomic E-state index is 0.346. The molecule has 4 rings (SSSR count). The zero-order chi connectivity index (χ0) is 22.5. The summed E-state index contributed by atoms with van der Waals surface area (Å²) in [5, 5.41) is 0. The third kappa shape index (κ3) is 5.41. The Labute approximate surface area is 193 Å². The minimum Gasteiger partial charge on any atom is -0.377 e. The molecule has 2 saturated heterocycles. The molecule has 32 heavy (non-hydrogen) atoms. The van der Waals surface area contributed by atoms with Crippen LogP contribution in [0.3, 0.4) is 0 Å². The highest BCUT2D eigenvalue weighted by atomic mass is 16.5. The van der Waals surface area contributed by atoms with Crippen LogP contribution in [-0.2, 0) is 11.2 Å². The predicted molar refractivity (Wildman–Crippen MR) is 132 cm³/mol. The lowest BCUT2D eigenvalue weighted by atomic mass is 9.96. The standard InChI is InChI=1S/C26H39N5O/c1-5-22-6-7-24(18-27-22)31-14-15-32-19-25(31)16-21(4)26-9-8-23(17-28-26)30-12-10-29(11-13-30)20(2)3/h6-9,17-18,20-21,25H,5,10-16,19H2,1-4H3. The molecule has 0 aliphatic carbocycles. The molecular formula is C26H39N5O. The Balaban J connectivity index is 1.37. The van der Waals surface area contributed by atoms with Crippen LogP contribution in [0.2, 0.25) is 0 Å². The number of rotatable bonds is 7. The minimum atomic E-state index is 0.346. The van der Waals surface area contributed by atoms with Crippen molar-refractivity contribution < 1.29 is 4.74 Å². The second kappa shape index (κ2) is 10.6. The Hall–Kier alpha value is -2.18. The molecule has 2 aliphatic heterocycles. The first kappa shape index (κ1) is 23.0. The number of aryl methyl sites for hydroxylation is 1. The van der Waals surface area contributed by atoms with Crippen LogP contribution in [0.4, 0.5) is 11.4 Å². The number of piperazine rings is 1. The van der Waals surface area contributed by atoms with E-state index in [4.69, 9.17) is 9.72 Å². The number of pyridine rings is 2. The Bertz CT molecular complexity index is 830. The van der Waals surface area contributed by atoms with Crippen molar-refractivity contribution in [3.8, 4) is 0 Å². The number of hydrogen-bond donors (Lipinski definition) is 0. The first-order valence-electron chi connectivity index (χ1n) is 12.3. The van der Waals surface area contributed by atoms with Crippen molar-refractivity contribution in [2.45, 2.75) is 58.5 Å². The van der Waals surface area contributed by atoms with E-state index in [-0.39, 0.29) is 0 Å². The van der Waals surface area contributed by atoms with Crippen LogP contribution in [0.25, 0.3) is 0 Å². The molecular weight excluding hydrogens is 398 g/mol. The van der Waals surface area contributed by atoms with E-state index in [1.165, 1.54) is 17.1 Å². The summed E-state index contributed by atoms with van der Waals surface area (Å²) in [6.45, 7) is 15.9. The Kier molecular flexibility index (Phi) is 7.63. The number of aromatic nitrogens is 2. The van der Waals surface area contributed by atoms with Gasteiger partial charge in [0.25, 0.3) is 0 Å². The summed E-state index contributed by atoms with van der Waals surface area (Å²) in [4.78, 5) is 17.0. The van der Waals surface area contributed by atoms with Gasteiger partial charge in [-0.1, -0.05) is 13.8 Å². The first-order valence-corrected chi connectivity index (χ1v) is 12.3. The van der Waals surface area contributed by atoms with Crippen molar-refractivity contribution in [1.29, 1.82) is 0 Å². The quantitative estimate of drug-likeness (QED) is 0.653. The highest BCUT2D eigenvalue weighted by molar-refractivity contribution is 5.47. The second-order valence-corrected chi connectivity index (χ2v) is 9.48. The summed E-state index contributed by atoms with van der Waals surface area (Å²) in [7, 11) is 0. The molecule has 2 aromatic rings. The van der Waals surface area contributed by atoms with Crippen LogP contribution < -0.4 is 9.80 Å². The fourth-order valence-electron chi connectivity index (χ4n) is 4.89. The third-order valence-corrected chi connectivity index (χ3v) is 7.04. The maximum atomic E-state index is 5.85. The summed E-state index contributed by atoms with van der Waals surface area (Å²) in [6, 6.07) is 9.81. The van der Waals surface area contributed by atoms with Crippen molar-refractivity contribution in [3.63, 3.8) is 0 Å². The van der Waals surface area contributed by atoms with Crippen molar-refractivity contribution in [2.75, 3.05) is 55.7 Å². The van der Waals surface area contributed by atoms with E-state index in [0.29, 0.717) is 18.0 Å². The Morgan fingerprint density at radius 3 is 2.31 bits per heavy atom. The average molecular weight is 438 g/mol. The largest absolute Gasteiger partial charge is 0.377 e. The fourth-order valence-corrected chi connectivity index (χ4v) is 4.89. The molecule has 2 aliphatic rings. The van der Waals surface area contributed by atoms with Gasteiger partial charge in [0.2, 0.25) is 0 Å². The van der Waals surface area contributed by atoms with E-state index in [2.05, 4.69) is 77.8 Å².